The highest BCUT2D eigenvalue weighted by Gasteiger charge is 2.49. The van der Waals surface area contributed by atoms with Gasteiger partial charge in [-0.2, -0.15) is 0 Å². The van der Waals surface area contributed by atoms with Gasteiger partial charge in [0.15, 0.2) is 16.6 Å². The summed E-state index contributed by atoms with van der Waals surface area (Å²) in [5.74, 6) is -0.698. The minimum Gasteiger partial charge on any atom is -0.504 e. The fraction of sp³-hybridized carbons (Fsp3) is 0.200. The number of rotatable bonds is 3. The summed E-state index contributed by atoms with van der Waals surface area (Å²) in [6.07, 6.45) is 2.11. The number of thiazole rings is 1. The molecule has 0 saturated carbocycles. The summed E-state index contributed by atoms with van der Waals surface area (Å²) >= 11 is 1.37. The van der Waals surface area contributed by atoms with Crippen LogP contribution in [0.4, 0.5) is 5.13 Å². The number of carbonyl (C=O) groups is 1. The number of amides is 1. The van der Waals surface area contributed by atoms with Gasteiger partial charge in [-0.1, -0.05) is 30.3 Å². The molecule has 1 heterocycles. The number of carbonyl (C=O) groups excluding carboxylic acids is 1. The van der Waals surface area contributed by atoms with Crippen molar-refractivity contribution < 1.29 is 15.0 Å². The molecule has 0 spiro atoms. The highest BCUT2D eigenvalue weighted by molar-refractivity contribution is 7.13. The average molecular weight is 366 g/mol. The fourth-order valence-electron chi connectivity index (χ4n) is 3.83. The zero-order chi connectivity index (χ0) is 18.3. The van der Waals surface area contributed by atoms with E-state index >= 15 is 0 Å². The van der Waals surface area contributed by atoms with Crippen LogP contribution in [0.1, 0.15) is 29.5 Å². The van der Waals surface area contributed by atoms with Crippen LogP contribution in [-0.4, -0.2) is 21.1 Å². The lowest BCUT2D eigenvalue weighted by Gasteiger charge is -2.30. The number of nitrogens with one attached hydrogen (secondary N) is 1. The van der Waals surface area contributed by atoms with Crippen LogP contribution in [-0.2, 0) is 11.2 Å². The molecule has 5 nitrogen and oxygen atoms in total. The highest BCUT2D eigenvalue weighted by Crippen LogP contribution is 2.53. The van der Waals surface area contributed by atoms with Crippen molar-refractivity contribution in [3.8, 4) is 11.5 Å². The molecule has 0 fully saturated rings. The lowest BCUT2D eigenvalue weighted by atomic mass is 9.73. The zero-order valence-electron chi connectivity index (χ0n) is 14.1. The number of phenolic OH excluding ortho intramolecular Hbond substituents is 2. The first-order valence-electron chi connectivity index (χ1n) is 8.29. The number of anilines is 1. The number of fused-ring (bicyclic) bond motifs is 1. The van der Waals surface area contributed by atoms with E-state index in [1.165, 1.54) is 11.3 Å². The van der Waals surface area contributed by atoms with Gasteiger partial charge in [0.05, 0.1) is 5.41 Å². The molecule has 6 heteroatoms. The Bertz CT molecular complexity index is 957. The van der Waals surface area contributed by atoms with Crippen LogP contribution in [0.5, 0.6) is 11.5 Å². The predicted octanol–water partition coefficient (Wildman–Crippen LogP) is 3.89. The quantitative estimate of drug-likeness (QED) is 0.614. The summed E-state index contributed by atoms with van der Waals surface area (Å²) in [7, 11) is 0. The number of benzene rings is 2. The molecular weight excluding hydrogens is 348 g/mol. The topological polar surface area (TPSA) is 82.5 Å². The van der Waals surface area contributed by atoms with Crippen molar-refractivity contribution in [3.05, 3.63) is 70.7 Å². The van der Waals surface area contributed by atoms with E-state index < -0.39 is 5.41 Å². The molecule has 0 radical (unpaired) electrons. The Morgan fingerprint density at radius 1 is 1.23 bits per heavy atom. The molecule has 1 aliphatic rings. The maximum atomic E-state index is 13.2. The van der Waals surface area contributed by atoms with Gasteiger partial charge < -0.3 is 15.5 Å². The van der Waals surface area contributed by atoms with E-state index in [4.69, 9.17) is 0 Å². The summed E-state index contributed by atoms with van der Waals surface area (Å²) in [5.41, 5.74) is 1.96. The molecule has 0 aliphatic heterocycles. The maximum Gasteiger partial charge on any atom is 0.233 e. The van der Waals surface area contributed by atoms with E-state index in [1.54, 1.807) is 18.3 Å². The summed E-state index contributed by atoms with van der Waals surface area (Å²) in [6, 6.07) is 12.9. The van der Waals surface area contributed by atoms with Crippen molar-refractivity contribution in [2.75, 3.05) is 5.32 Å². The van der Waals surface area contributed by atoms with Gasteiger partial charge in [0.2, 0.25) is 5.91 Å². The SMILES string of the molecule is C[C@]1(C(=O)Nc2nccs2)Cc2cc(O)c(O)cc2[C@H]1c1ccccc1. The molecule has 3 aromatic rings. The number of phenols is 2. The summed E-state index contributed by atoms with van der Waals surface area (Å²) in [4.78, 5) is 17.3. The van der Waals surface area contributed by atoms with Crippen molar-refractivity contribution in [3.63, 3.8) is 0 Å². The third-order valence-corrected chi connectivity index (χ3v) is 5.74. The number of aromatic hydroxyl groups is 2. The second-order valence-corrected chi connectivity index (χ2v) is 7.66. The molecule has 2 aromatic carbocycles. The standard InChI is InChI=1S/C20H18N2O3S/c1-20(18(25)22-19-21-7-8-26-19)11-13-9-15(23)16(24)10-14(13)17(20)12-5-3-2-4-6-12/h2-10,17,23-24H,11H2,1H3,(H,21,22,25)/t17-,20+/m1/s1. The van der Waals surface area contributed by atoms with Gasteiger partial charge in [0.1, 0.15) is 0 Å². The fourth-order valence-corrected chi connectivity index (χ4v) is 4.35. The highest BCUT2D eigenvalue weighted by atomic mass is 32.1. The maximum absolute atomic E-state index is 13.2. The second kappa shape index (κ2) is 6.14. The van der Waals surface area contributed by atoms with E-state index in [0.29, 0.717) is 11.6 Å². The average Bonchev–Trinajstić information content (AvgIpc) is 3.22. The molecule has 3 N–H and O–H groups in total. The van der Waals surface area contributed by atoms with Crippen molar-refractivity contribution >= 4 is 22.4 Å². The normalized spacial score (nSPS) is 21.3. The van der Waals surface area contributed by atoms with Crippen molar-refractivity contribution in [2.45, 2.75) is 19.3 Å². The smallest absolute Gasteiger partial charge is 0.233 e. The van der Waals surface area contributed by atoms with Crippen LogP contribution in [0, 0.1) is 5.41 Å². The lowest BCUT2D eigenvalue weighted by molar-refractivity contribution is -0.125. The zero-order valence-corrected chi connectivity index (χ0v) is 15.0. The van der Waals surface area contributed by atoms with Crippen LogP contribution >= 0.6 is 11.3 Å². The van der Waals surface area contributed by atoms with Gasteiger partial charge >= 0.3 is 0 Å². The van der Waals surface area contributed by atoms with E-state index in [1.807, 2.05) is 42.6 Å². The molecule has 1 aliphatic carbocycles. The second-order valence-electron chi connectivity index (χ2n) is 6.77. The minimum atomic E-state index is -0.768. The minimum absolute atomic E-state index is 0.128. The van der Waals surface area contributed by atoms with Crippen LogP contribution < -0.4 is 5.32 Å². The number of nitrogens with zero attached hydrogens (tertiary/aromatic N) is 1. The molecule has 0 unspecified atom stereocenters. The lowest BCUT2D eigenvalue weighted by Crippen LogP contribution is -2.37. The van der Waals surface area contributed by atoms with Crippen LogP contribution in [0.3, 0.4) is 0 Å². The molecule has 0 bridgehead atoms. The Labute approximate surface area is 155 Å². The van der Waals surface area contributed by atoms with Gasteiger partial charge in [0, 0.05) is 17.5 Å². The third-order valence-electron chi connectivity index (χ3n) is 5.05. The Hall–Kier alpha value is -2.86. The van der Waals surface area contributed by atoms with Crippen LogP contribution in [0.25, 0.3) is 0 Å². The summed E-state index contributed by atoms with van der Waals surface area (Å²) < 4.78 is 0. The Kier molecular flexibility index (Phi) is 3.92. The number of hydrogen-bond donors (Lipinski definition) is 3. The Morgan fingerprint density at radius 3 is 2.65 bits per heavy atom. The van der Waals surface area contributed by atoms with Crippen molar-refractivity contribution in [1.82, 2.24) is 4.98 Å². The number of hydrogen-bond acceptors (Lipinski definition) is 5. The summed E-state index contributed by atoms with van der Waals surface area (Å²) in [6.45, 7) is 1.92. The first-order chi connectivity index (χ1) is 12.5. The van der Waals surface area contributed by atoms with Gasteiger partial charge in [-0.15, -0.1) is 11.3 Å². The first-order valence-corrected chi connectivity index (χ1v) is 9.17. The Balaban J connectivity index is 1.81. The van der Waals surface area contributed by atoms with Gasteiger partial charge in [0.25, 0.3) is 0 Å². The molecule has 1 aromatic heterocycles. The van der Waals surface area contributed by atoms with E-state index in [9.17, 15) is 15.0 Å². The monoisotopic (exact) mass is 366 g/mol. The molecule has 1 amide bonds. The van der Waals surface area contributed by atoms with Crippen LogP contribution in [0.2, 0.25) is 0 Å². The molecule has 4 rings (SSSR count). The van der Waals surface area contributed by atoms with Gasteiger partial charge in [-0.25, -0.2) is 4.98 Å². The van der Waals surface area contributed by atoms with Crippen molar-refractivity contribution in [2.24, 2.45) is 5.41 Å². The van der Waals surface area contributed by atoms with E-state index in [2.05, 4.69) is 10.3 Å². The molecule has 0 saturated heterocycles. The van der Waals surface area contributed by atoms with Crippen molar-refractivity contribution in [1.29, 1.82) is 0 Å². The van der Waals surface area contributed by atoms with Gasteiger partial charge in [-0.05, 0) is 42.2 Å². The molecule has 2 atom stereocenters. The Morgan fingerprint density at radius 2 is 1.96 bits per heavy atom. The first kappa shape index (κ1) is 16.6. The molecular formula is C20H18N2O3S. The third kappa shape index (κ3) is 2.63. The van der Waals surface area contributed by atoms with E-state index in [0.717, 1.165) is 16.7 Å². The summed E-state index contributed by atoms with van der Waals surface area (Å²) in [5, 5.41) is 25.2. The predicted molar refractivity (Wildman–Crippen MR) is 101 cm³/mol. The number of aromatic nitrogens is 1. The van der Waals surface area contributed by atoms with Crippen LogP contribution in [0.15, 0.2) is 54.0 Å². The molecule has 26 heavy (non-hydrogen) atoms. The van der Waals surface area contributed by atoms with E-state index in [-0.39, 0.29) is 23.3 Å². The van der Waals surface area contributed by atoms with Gasteiger partial charge in [-0.3, -0.25) is 4.79 Å². The largest absolute Gasteiger partial charge is 0.504 e. The molecule has 132 valence electrons.